The first-order chi connectivity index (χ1) is 9.04. The quantitative estimate of drug-likeness (QED) is 0.794. The van der Waals surface area contributed by atoms with Crippen molar-refractivity contribution >= 4 is 23.4 Å². The van der Waals surface area contributed by atoms with Gasteiger partial charge in [-0.05, 0) is 36.1 Å². The van der Waals surface area contributed by atoms with Crippen molar-refractivity contribution in [2.75, 3.05) is 31.0 Å². The maximum absolute atomic E-state index is 11.7. The zero-order valence-corrected chi connectivity index (χ0v) is 12.7. The highest BCUT2D eigenvalue weighted by molar-refractivity contribution is 7.98. The molecular weight excluding hydrogens is 258 g/mol. The number of nitrogens with zero attached hydrogens (tertiary/aromatic N) is 1. The van der Waals surface area contributed by atoms with Gasteiger partial charge < -0.3 is 16.0 Å². The molecule has 0 unspecified atom stereocenters. The van der Waals surface area contributed by atoms with Gasteiger partial charge >= 0.3 is 0 Å². The molecule has 1 aromatic carbocycles. The molecule has 3 N–H and O–H groups in total. The molecule has 0 aliphatic rings. The van der Waals surface area contributed by atoms with Crippen molar-refractivity contribution in [3.63, 3.8) is 0 Å². The van der Waals surface area contributed by atoms with Crippen molar-refractivity contribution in [2.24, 2.45) is 5.73 Å². The van der Waals surface area contributed by atoms with Gasteiger partial charge in [0.2, 0.25) is 5.91 Å². The van der Waals surface area contributed by atoms with E-state index in [1.807, 2.05) is 49.5 Å². The van der Waals surface area contributed by atoms with Gasteiger partial charge in [0.15, 0.2) is 0 Å². The fourth-order valence-corrected chi connectivity index (χ4v) is 2.10. The second-order valence-electron chi connectivity index (χ2n) is 4.67. The Morgan fingerprint density at radius 1 is 1.37 bits per heavy atom. The second kappa shape index (κ2) is 8.07. The van der Waals surface area contributed by atoms with Crippen LogP contribution in [0, 0.1) is 0 Å². The molecule has 1 amide bonds. The summed E-state index contributed by atoms with van der Waals surface area (Å²) in [6, 6.07) is 7.70. The Bertz CT molecular complexity index is 392. The molecule has 0 saturated carbocycles. The van der Waals surface area contributed by atoms with Gasteiger partial charge in [-0.15, -0.1) is 0 Å². The van der Waals surface area contributed by atoms with E-state index in [0.29, 0.717) is 13.0 Å². The number of thioether (sulfide) groups is 1. The van der Waals surface area contributed by atoms with Gasteiger partial charge in [0.1, 0.15) is 0 Å². The molecule has 0 bridgehead atoms. The Hall–Kier alpha value is -1.20. The van der Waals surface area contributed by atoms with E-state index >= 15 is 0 Å². The van der Waals surface area contributed by atoms with Crippen LogP contribution in [0.1, 0.15) is 12.0 Å². The fourth-order valence-electron chi connectivity index (χ4n) is 1.61. The van der Waals surface area contributed by atoms with Crippen LogP contribution in [0.25, 0.3) is 0 Å². The number of benzene rings is 1. The zero-order chi connectivity index (χ0) is 14.3. The molecule has 4 nitrogen and oxygen atoms in total. The molecule has 19 heavy (non-hydrogen) atoms. The number of amides is 1. The van der Waals surface area contributed by atoms with Crippen LogP contribution in [0.2, 0.25) is 0 Å². The minimum absolute atomic E-state index is 0.0780. The van der Waals surface area contributed by atoms with E-state index < -0.39 is 6.04 Å². The number of hydrogen-bond donors (Lipinski definition) is 2. The molecule has 5 heteroatoms. The number of anilines is 1. The van der Waals surface area contributed by atoms with E-state index in [0.717, 1.165) is 17.0 Å². The first kappa shape index (κ1) is 15.9. The Labute approximate surface area is 119 Å². The van der Waals surface area contributed by atoms with Crippen molar-refractivity contribution in [1.29, 1.82) is 0 Å². The Balaban J connectivity index is 2.41. The predicted octanol–water partition coefficient (Wildman–Crippen LogP) is 1.45. The second-order valence-corrected chi connectivity index (χ2v) is 5.65. The van der Waals surface area contributed by atoms with E-state index in [4.69, 9.17) is 5.73 Å². The molecule has 106 valence electrons. The summed E-state index contributed by atoms with van der Waals surface area (Å²) in [5, 5.41) is 2.87. The lowest BCUT2D eigenvalue weighted by molar-refractivity contribution is -0.122. The van der Waals surface area contributed by atoms with E-state index in [1.54, 1.807) is 11.8 Å². The third kappa shape index (κ3) is 5.53. The number of rotatable bonds is 7. The van der Waals surface area contributed by atoms with Crippen molar-refractivity contribution in [1.82, 2.24) is 5.32 Å². The van der Waals surface area contributed by atoms with Crippen LogP contribution in [0.4, 0.5) is 5.69 Å². The Morgan fingerprint density at radius 3 is 2.53 bits per heavy atom. The summed E-state index contributed by atoms with van der Waals surface area (Å²) >= 11 is 1.70. The largest absolute Gasteiger partial charge is 0.378 e. The maximum atomic E-state index is 11.7. The number of nitrogens with one attached hydrogen (secondary N) is 1. The number of nitrogens with two attached hydrogens (primary N) is 1. The lowest BCUT2D eigenvalue weighted by Crippen LogP contribution is -2.40. The summed E-state index contributed by atoms with van der Waals surface area (Å²) < 4.78 is 0. The van der Waals surface area contributed by atoms with Gasteiger partial charge in [0.25, 0.3) is 0 Å². The van der Waals surface area contributed by atoms with Crippen LogP contribution in [0.3, 0.4) is 0 Å². The fraction of sp³-hybridized carbons (Fsp3) is 0.500. The highest BCUT2D eigenvalue weighted by Gasteiger charge is 2.12. The number of carbonyl (C=O) groups excluding carboxylic acids is 1. The average molecular weight is 281 g/mol. The average Bonchev–Trinajstić information content (AvgIpc) is 2.42. The number of hydrogen-bond acceptors (Lipinski definition) is 4. The molecule has 0 aliphatic heterocycles. The third-order valence-electron chi connectivity index (χ3n) is 2.89. The Kier molecular flexibility index (Phi) is 6.73. The molecule has 0 aliphatic carbocycles. The van der Waals surface area contributed by atoms with Crippen LogP contribution in [0.15, 0.2) is 24.3 Å². The molecule has 0 fully saturated rings. The van der Waals surface area contributed by atoms with Gasteiger partial charge in [0.05, 0.1) is 6.04 Å². The molecule has 1 aromatic rings. The first-order valence-corrected chi connectivity index (χ1v) is 7.72. The van der Waals surface area contributed by atoms with Gasteiger partial charge in [-0.3, -0.25) is 4.79 Å². The standard InChI is InChI=1S/C14H23N3OS/c1-17(2)12-6-4-11(5-7-12)10-16-14(18)13(15)8-9-19-3/h4-7,13H,8-10,15H2,1-3H3,(H,16,18)/t13-/m0/s1. The molecule has 0 radical (unpaired) electrons. The highest BCUT2D eigenvalue weighted by Crippen LogP contribution is 2.12. The smallest absolute Gasteiger partial charge is 0.237 e. The van der Waals surface area contributed by atoms with Gasteiger partial charge in [-0.1, -0.05) is 12.1 Å². The van der Waals surface area contributed by atoms with Crippen LogP contribution in [0.5, 0.6) is 0 Å². The lowest BCUT2D eigenvalue weighted by Gasteiger charge is -2.14. The van der Waals surface area contributed by atoms with Gasteiger partial charge in [0, 0.05) is 26.3 Å². The SMILES string of the molecule is CSCC[C@H](N)C(=O)NCc1ccc(N(C)C)cc1. The number of carbonyl (C=O) groups is 1. The summed E-state index contributed by atoms with van der Waals surface area (Å²) in [6.45, 7) is 0.527. The molecule has 1 rings (SSSR count). The van der Waals surface area contributed by atoms with E-state index in [-0.39, 0.29) is 5.91 Å². The summed E-state index contributed by atoms with van der Waals surface area (Å²) in [5.41, 5.74) is 8.02. The Morgan fingerprint density at radius 2 is 2.00 bits per heavy atom. The van der Waals surface area contributed by atoms with E-state index in [9.17, 15) is 4.79 Å². The van der Waals surface area contributed by atoms with Gasteiger partial charge in [-0.25, -0.2) is 0 Å². The van der Waals surface area contributed by atoms with Crippen molar-refractivity contribution in [3.8, 4) is 0 Å². The van der Waals surface area contributed by atoms with Gasteiger partial charge in [-0.2, -0.15) is 11.8 Å². The van der Waals surface area contributed by atoms with E-state index in [2.05, 4.69) is 5.32 Å². The molecule has 0 aromatic heterocycles. The normalized spacial score (nSPS) is 12.0. The molecule has 0 heterocycles. The first-order valence-electron chi connectivity index (χ1n) is 6.33. The molecule has 0 saturated heterocycles. The monoisotopic (exact) mass is 281 g/mol. The van der Waals surface area contributed by atoms with Crippen LogP contribution >= 0.6 is 11.8 Å². The molecular formula is C14H23N3OS. The van der Waals surface area contributed by atoms with Crippen LogP contribution in [-0.4, -0.2) is 38.1 Å². The highest BCUT2D eigenvalue weighted by atomic mass is 32.2. The maximum Gasteiger partial charge on any atom is 0.237 e. The topological polar surface area (TPSA) is 58.4 Å². The van der Waals surface area contributed by atoms with Crippen molar-refractivity contribution in [3.05, 3.63) is 29.8 Å². The minimum atomic E-state index is -0.409. The summed E-state index contributed by atoms with van der Waals surface area (Å²) in [6.07, 6.45) is 2.73. The van der Waals surface area contributed by atoms with Crippen molar-refractivity contribution < 1.29 is 4.79 Å². The van der Waals surface area contributed by atoms with Crippen LogP contribution < -0.4 is 16.0 Å². The van der Waals surface area contributed by atoms with E-state index in [1.165, 1.54) is 0 Å². The van der Waals surface area contributed by atoms with Crippen LogP contribution in [-0.2, 0) is 11.3 Å². The molecule has 1 atom stereocenters. The third-order valence-corrected chi connectivity index (χ3v) is 3.53. The summed E-state index contributed by atoms with van der Waals surface area (Å²) in [5.74, 6) is 0.831. The summed E-state index contributed by atoms with van der Waals surface area (Å²) in [4.78, 5) is 13.8. The molecule has 0 spiro atoms. The minimum Gasteiger partial charge on any atom is -0.378 e. The summed E-state index contributed by atoms with van der Waals surface area (Å²) in [7, 11) is 4.00. The van der Waals surface area contributed by atoms with Crippen molar-refractivity contribution in [2.45, 2.75) is 19.0 Å². The predicted molar refractivity (Wildman–Crippen MR) is 83.6 cm³/mol. The lowest BCUT2D eigenvalue weighted by atomic mass is 10.2. The zero-order valence-electron chi connectivity index (χ0n) is 11.8.